The zero-order valence-electron chi connectivity index (χ0n) is 20.0. The first-order valence-corrected chi connectivity index (χ1v) is 12.4. The molecular weight excluding hydrogens is 458 g/mol. The van der Waals surface area contributed by atoms with E-state index in [0.29, 0.717) is 23.2 Å². The van der Waals surface area contributed by atoms with Crippen molar-refractivity contribution in [1.29, 1.82) is 0 Å². The Morgan fingerprint density at radius 1 is 0.784 bits per heavy atom. The van der Waals surface area contributed by atoms with Gasteiger partial charge < -0.3 is 4.74 Å². The maximum Gasteiger partial charge on any atom is 0.280 e. The highest BCUT2D eigenvalue weighted by atomic mass is 16.5. The van der Waals surface area contributed by atoms with Crippen LogP contribution in [0.1, 0.15) is 27.0 Å². The summed E-state index contributed by atoms with van der Waals surface area (Å²) in [6, 6.07) is 38.6. The van der Waals surface area contributed by atoms with E-state index in [1.165, 1.54) is 15.8 Å². The molecule has 0 atom stereocenters. The molecule has 2 heterocycles. The normalized spacial score (nSPS) is 14.3. The summed E-state index contributed by atoms with van der Waals surface area (Å²) in [7, 11) is 0. The number of benzene rings is 5. The smallest absolute Gasteiger partial charge is 0.280 e. The number of ether oxygens (including phenoxy) is 1. The molecule has 178 valence electrons. The van der Waals surface area contributed by atoms with Crippen LogP contribution in [-0.2, 0) is 11.8 Å². The van der Waals surface area contributed by atoms with Crippen LogP contribution in [0, 0.1) is 0 Å². The SMILES string of the molecule is O=C(c1ccc2c3c(ccc2c1)CC(c1ccccc1)(c1ccccc1)CO3)n1nnc2ccccc21. The van der Waals surface area contributed by atoms with E-state index in [9.17, 15) is 4.79 Å². The van der Waals surface area contributed by atoms with Gasteiger partial charge in [-0.05, 0) is 58.8 Å². The molecule has 1 aliphatic rings. The molecule has 1 aromatic heterocycles. The summed E-state index contributed by atoms with van der Waals surface area (Å²) < 4.78 is 7.94. The van der Waals surface area contributed by atoms with Gasteiger partial charge in [-0.2, -0.15) is 4.68 Å². The molecule has 0 amide bonds. The molecule has 0 saturated heterocycles. The molecule has 37 heavy (non-hydrogen) atoms. The van der Waals surface area contributed by atoms with E-state index in [1.54, 1.807) is 0 Å². The Hall–Kier alpha value is -4.77. The van der Waals surface area contributed by atoms with Gasteiger partial charge in [0.2, 0.25) is 0 Å². The van der Waals surface area contributed by atoms with E-state index in [4.69, 9.17) is 4.74 Å². The van der Waals surface area contributed by atoms with Crippen molar-refractivity contribution in [2.45, 2.75) is 11.8 Å². The van der Waals surface area contributed by atoms with Gasteiger partial charge in [0.1, 0.15) is 17.9 Å². The van der Waals surface area contributed by atoms with Gasteiger partial charge in [0.25, 0.3) is 5.91 Å². The second-order valence-electron chi connectivity index (χ2n) is 9.56. The third-order valence-corrected chi connectivity index (χ3v) is 7.45. The van der Waals surface area contributed by atoms with Gasteiger partial charge in [0, 0.05) is 10.9 Å². The first kappa shape index (κ1) is 21.5. The van der Waals surface area contributed by atoms with Gasteiger partial charge in [-0.15, -0.1) is 5.10 Å². The van der Waals surface area contributed by atoms with Gasteiger partial charge in [0.05, 0.1) is 10.9 Å². The fourth-order valence-corrected chi connectivity index (χ4v) is 5.55. The first-order chi connectivity index (χ1) is 18.2. The highest BCUT2D eigenvalue weighted by Gasteiger charge is 2.39. The lowest BCUT2D eigenvalue weighted by molar-refractivity contribution is 0.0948. The van der Waals surface area contributed by atoms with E-state index >= 15 is 0 Å². The van der Waals surface area contributed by atoms with Crippen LogP contribution in [0.5, 0.6) is 5.75 Å². The maximum atomic E-state index is 13.3. The molecule has 0 radical (unpaired) electrons. The highest BCUT2D eigenvalue weighted by molar-refractivity contribution is 6.03. The molecule has 7 rings (SSSR count). The van der Waals surface area contributed by atoms with Crippen molar-refractivity contribution in [2.75, 3.05) is 6.61 Å². The van der Waals surface area contributed by atoms with Gasteiger partial charge in [-0.1, -0.05) is 90.1 Å². The summed E-state index contributed by atoms with van der Waals surface area (Å²) in [6.07, 6.45) is 0.831. The molecule has 5 nitrogen and oxygen atoms in total. The predicted molar refractivity (Wildman–Crippen MR) is 144 cm³/mol. The monoisotopic (exact) mass is 481 g/mol. The zero-order chi connectivity index (χ0) is 24.8. The minimum Gasteiger partial charge on any atom is -0.491 e. The lowest BCUT2D eigenvalue weighted by Gasteiger charge is -2.39. The lowest BCUT2D eigenvalue weighted by Crippen LogP contribution is -2.40. The van der Waals surface area contributed by atoms with Crippen LogP contribution in [0.4, 0.5) is 0 Å². The molecule has 0 aliphatic carbocycles. The first-order valence-electron chi connectivity index (χ1n) is 12.4. The van der Waals surface area contributed by atoms with E-state index in [1.807, 2.05) is 54.6 Å². The molecule has 5 heteroatoms. The van der Waals surface area contributed by atoms with E-state index in [-0.39, 0.29) is 11.3 Å². The van der Waals surface area contributed by atoms with Gasteiger partial charge in [0.15, 0.2) is 0 Å². The fourth-order valence-electron chi connectivity index (χ4n) is 5.55. The number of hydrogen-bond acceptors (Lipinski definition) is 4. The maximum absolute atomic E-state index is 13.3. The van der Waals surface area contributed by atoms with Crippen LogP contribution in [-0.4, -0.2) is 27.5 Å². The summed E-state index contributed by atoms with van der Waals surface area (Å²) in [5.41, 5.74) is 5.32. The average Bonchev–Trinajstić information content (AvgIpc) is 3.41. The summed E-state index contributed by atoms with van der Waals surface area (Å²) in [6.45, 7) is 0.540. The molecule has 5 aromatic carbocycles. The van der Waals surface area contributed by atoms with Crippen LogP contribution >= 0.6 is 0 Å². The quantitative estimate of drug-likeness (QED) is 0.302. The summed E-state index contributed by atoms with van der Waals surface area (Å²) in [5, 5.41) is 10.2. The Bertz CT molecular complexity index is 1740. The van der Waals surface area contributed by atoms with Gasteiger partial charge in [-0.3, -0.25) is 4.79 Å². The number of carbonyl (C=O) groups is 1. The molecule has 0 unspecified atom stereocenters. The van der Waals surface area contributed by atoms with Crippen molar-refractivity contribution in [2.24, 2.45) is 0 Å². The van der Waals surface area contributed by atoms with E-state index in [2.05, 4.69) is 71.0 Å². The third kappa shape index (κ3) is 3.43. The number of fused-ring (bicyclic) bond motifs is 4. The second-order valence-corrected chi connectivity index (χ2v) is 9.56. The van der Waals surface area contributed by atoms with Gasteiger partial charge >= 0.3 is 0 Å². The number of hydrogen-bond donors (Lipinski definition) is 0. The predicted octanol–water partition coefficient (Wildman–Crippen LogP) is 6.19. The van der Waals surface area contributed by atoms with Gasteiger partial charge in [-0.25, -0.2) is 0 Å². The molecule has 0 N–H and O–H groups in total. The Morgan fingerprint density at radius 3 is 2.24 bits per heavy atom. The Labute approximate surface area is 213 Å². The van der Waals surface area contributed by atoms with E-state index in [0.717, 1.165) is 28.5 Å². The minimum atomic E-state index is -0.271. The molecule has 0 bridgehead atoms. The Morgan fingerprint density at radius 2 is 1.49 bits per heavy atom. The third-order valence-electron chi connectivity index (χ3n) is 7.45. The number of para-hydroxylation sites is 1. The topological polar surface area (TPSA) is 57.0 Å². The molecule has 1 aliphatic heterocycles. The average molecular weight is 482 g/mol. The zero-order valence-corrected chi connectivity index (χ0v) is 20.0. The van der Waals surface area contributed by atoms with Crippen molar-refractivity contribution >= 4 is 27.7 Å². The molecule has 0 saturated carbocycles. The van der Waals surface area contributed by atoms with Crippen LogP contribution in [0.25, 0.3) is 21.8 Å². The molecule has 6 aromatic rings. The van der Waals surface area contributed by atoms with Crippen LogP contribution in [0.3, 0.4) is 0 Å². The van der Waals surface area contributed by atoms with Crippen LogP contribution in [0.15, 0.2) is 115 Å². The van der Waals surface area contributed by atoms with Crippen molar-refractivity contribution in [3.05, 3.63) is 138 Å². The van der Waals surface area contributed by atoms with Crippen LogP contribution in [0.2, 0.25) is 0 Å². The summed E-state index contributed by atoms with van der Waals surface area (Å²) >= 11 is 0. The second kappa shape index (κ2) is 8.42. The fraction of sp³-hybridized carbons (Fsp3) is 0.0938. The van der Waals surface area contributed by atoms with Crippen molar-refractivity contribution in [1.82, 2.24) is 15.0 Å². The van der Waals surface area contributed by atoms with Crippen molar-refractivity contribution < 1.29 is 9.53 Å². The molecule has 0 fully saturated rings. The summed E-state index contributed by atoms with van der Waals surface area (Å²) in [4.78, 5) is 13.3. The number of rotatable bonds is 3. The van der Waals surface area contributed by atoms with Crippen molar-refractivity contribution in [3.63, 3.8) is 0 Å². The van der Waals surface area contributed by atoms with E-state index < -0.39 is 0 Å². The van der Waals surface area contributed by atoms with Crippen molar-refractivity contribution in [3.8, 4) is 5.75 Å². The molecular formula is C32H23N3O2. The Balaban J connectivity index is 1.29. The lowest BCUT2D eigenvalue weighted by atomic mass is 9.69. The number of carbonyl (C=O) groups excluding carboxylic acids is 1. The van der Waals surface area contributed by atoms with Crippen LogP contribution < -0.4 is 4.74 Å². The molecule has 0 spiro atoms. The largest absolute Gasteiger partial charge is 0.491 e. The number of aromatic nitrogens is 3. The standard InChI is InChI=1S/C32H23N3O2/c36-31(35-29-14-8-7-13-28(29)33-34-35)23-17-18-27-22(19-23)15-16-24-20-32(21-37-30(24)27,25-9-3-1-4-10-25)26-11-5-2-6-12-26/h1-19H,20-21H2. The minimum absolute atomic E-state index is 0.207. The highest BCUT2D eigenvalue weighted by Crippen LogP contribution is 2.44. The Kier molecular flexibility index (Phi) is 4.89. The summed E-state index contributed by atoms with van der Waals surface area (Å²) in [5.74, 6) is 0.687. The number of nitrogens with zero attached hydrogens (tertiary/aromatic N) is 3.